The van der Waals surface area contributed by atoms with E-state index in [1.54, 1.807) is 11.0 Å². The van der Waals surface area contributed by atoms with Crippen LogP contribution in [0.4, 0.5) is 0 Å². The maximum Gasteiger partial charge on any atom is 0.261 e. The molecular weight excluding hydrogens is 390 g/mol. The van der Waals surface area contributed by atoms with Crippen LogP contribution < -0.4 is 4.74 Å². The highest BCUT2D eigenvalue weighted by molar-refractivity contribution is 6.33. The fraction of sp³-hybridized carbons (Fsp3) is 0.318. The number of halogens is 1. The molecule has 0 aliphatic heterocycles. The molecule has 3 aromatic rings. The largest absolute Gasteiger partial charge is 0.484 e. The Morgan fingerprint density at radius 2 is 1.90 bits per heavy atom. The summed E-state index contributed by atoms with van der Waals surface area (Å²) in [5.74, 6) is 1.18. The molecule has 0 unspecified atom stereocenters. The van der Waals surface area contributed by atoms with Gasteiger partial charge in [0.05, 0.1) is 17.1 Å². The van der Waals surface area contributed by atoms with Gasteiger partial charge < -0.3 is 14.1 Å². The van der Waals surface area contributed by atoms with Crippen molar-refractivity contribution in [2.24, 2.45) is 0 Å². The number of amides is 1. The molecule has 1 aromatic heterocycles. The molecular formula is C22H24ClN3O3. The van der Waals surface area contributed by atoms with Crippen molar-refractivity contribution in [2.75, 3.05) is 6.61 Å². The number of ether oxygens (including phenoxy) is 1. The van der Waals surface area contributed by atoms with Crippen molar-refractivity contribution in [3.05, 3.63) is 64.5 Å². The van der Waals surface area contributed by atoms with Crippen LogP contribution in [-0.2, 0) is 11.3 Å². The summed E-state index contributed by atoms with van der Waals surface area (Å²) in [4.78, 5) is 14.4. The number of aromatic nitrogens is 2. The second-order valence-electron chi connectivity index (χ2n) is 7.13. The van der Waals surface area contributed by atoms with Crippen LogP contribution in [0.1, 0.15) is 30.9 Å². The van der Waals surface area contributed by atoms with Gasteiger partial charge in [0.1, 0.15) is 5.75 Å². The van der Waals surface area contributed by atoms with Crippen LogP contribution in [0.2, 0.25) is 5.02 Å². The van der Waals surface area contributed by atoms with Gasteiger partial charge in [0, 0.05) is 6.04 Å². The molecule has 0 aliphatic rings. The number of carbonyl (C=O) groups is 1. The Kier molecular flexibility index (Phi) is 6.54. The van der Waals surface area contributed by atoms with Gasteiger partial charge >= 0.3 is 0 Å². The van der Waals surface area contributed by atoms with Crippen molar-refractivity contribution in [1.82, 2.24) is 15.1 Å². The maximum absolute atomic E-state index is 12.7. The van der Waals surface area contributed by atoms with E-state index in [4.69, 9.17) is 20.8 Å². The molecule has 0 N–H and O–H groups in total. The highest BCUT2D eigenvalue weighted by atomic mass is 35.5. The third-order valence-electron chi connectivity index (χ3n) is 4.66. The summed E-state index contributed by atoms with van der Waals surface area (Å²) in [5, 5.41) is 8.66. The Balaban J connectivity index is 1.67. The maximum atomic E-state index is 12.7. The molecule has 6 nitrogen and oxygen atoms in total. The first-order valence-electron chi connectivity index (χ1n) is 9.42. The normalized spacial score (nSPS) is 11.0. The monoisotopic (exact) mass is 413 g/mol. The van der Waals surface area contributed by atoms with Gasteiger partial charge in [0.15, 0.2) is 6.61 Å². The average molecular weight is 414 g/mol. The first-order chi connectivity index (χ1) is 13.8. The topological polar surface area (TPSA) is 68.5 Å². The molecule has 0 radical (unpaired) electrons. The lowest BCUT2D eigenvalue weighted by Gasteiger charge is -2.25. The number of hydrogen-bond donors (Lipinski definition) is 0. The molecule has 1 heterocycles. The number of hydrogen-bond acceptors (Lipinski definition) is 5. The summed E-state index contributed by atoms with van der Waals surface area (Å²) < 4.78 is 11.4. The quantitative estimate of drug-likeness (QED) is 0.555. The molecule has 7 heteroatoms. The number of carbonyl (C=O) groups excluding carboxylic acids is 1. The minimum Gasteiger partial charge on any atom is -0.484 e. The van der Waals surface area contributed by atoms with Crippen molar-refractivity contribution in [2.45, 2.75) is 40.3 Å². The lowest BCUT2D eigenvalue weighted by molar-refractivity contribution is -0.136. The van der Waals surface area contributed by atoms with Gasteiger partial charge in [-0.15, -0.1) is 10.2 Å². The van der Waals surface area contributed by atoms with Crippen LogP contribution in [0, 0.1) is 13.8 Å². The van der Waals surface area contributed by atoms with Gasteiger partial charge in [-0.2, -0.15) is 0 Å². The van der Waals surface area contributed by atoms with Gasteiger partial charge in [-0.3, -0.25) is 4.79 Å². The highest BCUT2D eigenvalue weighted by Crippen LogP contribution is 2.26. The smallest absolute Gasteiger partial charge is 0.261 e. The van der Waals surface area contributed by atoms with Crippen LogP contribution in [0.25, 0.3) is 11.5 Å². The van der Waals surface area contributed by atoms with Gasteiger partial charge in [-0.25, -0.2) is 0 Å². The molecule has 29 heavy (non-hydrogen) atoms. The molecule has 3 rings (SSSR count). The SMILES string of the molecule is Cc1ccc(OCC(=O)N(Cc2nnc(-c3ccccc3Cl)o2)C(C)C)cc1C. The molecule has 0 saturated heterocycles. The van der Waals surface area contributed by atoms with E-state index in [0.717, 1.165) is 5.56 Å². The average Bonchev–Trinajstić information content (AvgIpc) is 3.15. The Labute approximate surface area is 175 Å². The zero-order valence-corrected chi connectivity index (χ0v) is 17.7. The minimum atomic E-state index is -0.157. The van der Waals surface area contributed by atoms with Crippen molar-refractivity contribution >= 4 is 17.5 Å². The predicted octanol–water partition coefficient (Wildman–Crippen LogP) is 4.82. The number of benzene rings is 2. The van der Waals surface area contributed by atoms with E-state index in [9.17, 15) is 4.79 Å². The molecule has 152 valence electrons. The van der Waals surface area contributed by atoms with Crippen LogP contribution in [0.15, 0.2) is 46.9 Å². The van der Waals surface area contributed by atoms with Crippen LogP contribution >= 0.6 is 11.6 Å². The lowest BCUT2D eigenvalue weighted by atomic mass is 10.1. The summed E-state index contributed by atoms with van der Waals surface area (Å²) in [5.41, 5.74) is 2.96. The van der Waals surface area contributed by atoms with Crippen molar-refractivity contribution in [3.63, 3.8) is 0 Å². The summed E-state index contributed by atoms with van der Waals surface area (Å²) in [7, 11) is 0. The van der Waals surface area contributed by atoms with Crippen LogP contribution in [-0.4, -0.2) is 33.7 Å². The molecule has 0 spiro atoms. The van der Waals surface area contributed by atoms with Gasteiger partial charge in [0.25, 0.3) is 5.91 Å². The molecule has 0 fully saturated rings. The second kappa shape index (κ2) is 9.09. The highest BCUT2D eigenvalue weighted by Gasteiger charge is 2.21. The molecule has 2 aromatic carbocycles. The van der Waals surface area contributed by atoms with E-state index in [0.29, 0.717) is 28.1 Å². The molecule has 0 atom stereocenters. The van der Waals surface area contributed by atoms with Gasteiger partial charge in [0.2, 0.25) is 11.8 Å². The third-order valence-corrected chi connectivity index (χ3v) is 4.99. The van der Waals surface area contributed by atoms with E-state index in [-0.39, 0.29) is 25.1 Å². The first kappa shape index (κ1) is 20.9. The number of rotatable bonds is 7. The van der Waals surface area contributed by atoms with E-state index < -0.39 is 0 Å². The zero-order valence-electron chi connectivity index (χ0n) is 17.0. The van der Waals surface area contributed by atoms with E-state index in [1.807, 2.05) is 64.1 Å². The lowest BCUT2D eigenvalue weighted by Crippen LogP contribution is -2.39. The van der Waals surface area contributed by atoms with Gasteiger partial charge in [-0.1, -0.05) is 29.8 Å². The fourth-order valence-electron chi connectivity index (χ4n) is 2.80. The van der Waals surface area contributed by atoms with Crippen molar-refractivity contribution < 1.29 is 13.9 Å². The molecule has 0 saturated carbocycles. The second-order valence-corrected chi connectivity index (χ2v) is 7.54. The zero-order chi connectivity index (χ0) is 21.0. The Hall–Kier alpha value is -2.86. The van der Waals surface area contributed by atoms with Crippen molar-refractivity contribution in [3.8, 4) is 17.2 Å². The summed E-state index contributed by atoms with van der Waals surface area (Å²) in [6.07, 6.45) is 0. The van der Waals surface area contributed by atoms with E-state index >= 15 is 0 Å². The Morgan fingerprint density at radius 3 is 2.59 bits per heavy atom. The third kappa shape index (κ3) is 5.15. The molecule has 1 amide bonds. The first-order valence-corrected chi connectivity index (χ1v) is 9.79. The Bertz CT molecular complexity index is 1000. The standard InChI is InChI=1S/C22H24ClN3O3/c1-14(2)26(21(27)13-28-17-10-9-15(3)16(4)11-17)12-20-24-25-22(29-20)18-7-5-6-8-19(18)23/h5-11,14H,12-13H2,1-4H3. The fourth-order valence-corrected chi connectivity index (χ4v) is 3.01. The minimum absolute atomic E-state index is 0.0542. The van der Waals surface area contributed by atoms with Crippen LogP contribution in [0.5, 0.6) is 5.75 Å². The Morgan fingerprint density at radius 1 is 1.14 bits per heavy atom. The summed E-state index contributed by atoms with van der Waals surface area (Å²) in [6, 6.07) is 13.0. The summed E-state index contributed by atoms with van der Waals surface area (Å²) in [6.45, 7) is 8.04. The van der Waals surface area contributed by atoms with Crippen molar-refractivity contribution in [1.29, 1.82) is 0 Å². The number of nitrogens with zero attached hydrogens (tertiary/aromatic N) is 3. The predicted molar refractivity (Wildman–Crippen MR) is 112 cm³/mol. The molecule has 0 bridgehead atoms. The van der Waals surface area contributed by atoms with Crippen LogP contribution in [0.3, 0.4) is 0 Å². The summed E-state index contributed by atoms with van der Waals surface area (Å²) >= 11 is 6.19. The van der Waals surface area contributed by atoms with E-state index in [2.05, 4.69) is 10.2 Å². The van der Waals surface area contributed by atoms with E-state index in [1.165, 1.54) is 5.56 Å². The van der Waals surface area contributed by atoms with Gasteiger partial charge in [-0.05, 0) is 63.1 Å². The number of aryl methyl sites for hydroxylation is 2. The molecule has 0 aliphatic carbocycles.